The van der Waals surface area contributed by atoms with Gasteiger partial charge in [-0.3, -0.25) is 4.79 Å². The Morgan fingerprint density at radius 1 is 1.10 bits per heavy atom. The topological polar surface area (TPSA) is 86.2 Å². The van der Waals surface area contributed by atoms with Crippen LogP contribution in [0.25, 0.3) is 11.1 Å². The second kappa shape index (κ2) is 8.34. The van der Waals surface area contributed by atoms with Crippen LogP contribution in [0.5, 0.6) is 11.6 Å². The maximum absolute atomic E-state index is 12.8. The van der Waals surface area contributed by atoms with Crippen molar-refractivity contribution in [2.75, 3.05) is 6.61 Å². The highest BCUT2D eigenvalue weighted by atomic mass is 16.5. The van der Waals surface area contributed by atoms with Gasteiger partial charge in [0.25, 0.3) is 5.91 Å². The standard InChI is InChI=1S/C24H24N4O3/c1-15-25-12-17(13-26-15)20-6-3-7-22-21(20)10-18(14-30-22)28-24(29)16-8-9-23(27-11-16)31-19-4-2-5-19/h3,6-9,11-13,18-19H,2,4-5,10,14H2,1H3,(H,28,29)/t18-/m0/s1. The number of rotatable bonds is 5. The smallest absolute Gasteiger partial charge is 0.253 e. The number of fused-ring (bicyclic) bond motifs is 1. The molecule has 1 aliphatic carbocycles. The third-order valence-corrected chi connectivity index (χ3v) is 5.79. The zero-order valence-electron chi connectivity index (χ0n) is 17.4. The third kappa shape index (κ3) is 4.21. The number of benzene rings is 1. The van der Waals surface area contributed by atoms with E-state index in [1.165, 1.54) is 6.42 Å². The molecule has 1 aromatic carbocycles. The van der Waals surface area contributed by atoms with Crippen LogP contribution in [0.1, 0.15) is 41.0 Å². The Hall–Kier alpha value is -3.48. The summed E-state index contributed by atoms with van der Waals surface area (Å²) in [4.78, 5) is 25.6. The second-order valence-electron chi connectivity index (χ2n) is 8.04. The lowest BCUT2D eigenvalue weighted by Gasteiger charge is -2.28. The number of hydrogen-bond donors (Lipinski definition) is 1. The molecular formula is C24H24N4O3. The van der Waals surface area contributed by atoms with Gasteiger partial charge in [0.15, 0.2) is 0 Å². The summed E-state index contributed by atoms with van der Waals surface area (Å²) in [6.45, 7) is 2.28. The Morgan fingerprint density at radius 3 is 2.65 bits per heavy atom. The molecule has 1 atom stereocenters. The van der Waals surface area contributed by atoms with Gasteiger partial charge < -0.3 is 14.8 Å². The number of nitrogens with zero attached hydrogens (tertiary/aromatic N) is 3. The zero-order valence-corrected chi connectivity index (χ0v) is 17.4. The van der Waals surface area contributed by atoms with Gasteiger partial charge >= 0.3 is 0 Å². The van der Waals surface area contributed by atoms with E-state index >= 15 is 0 Å². The molecule has 0 radical (unpaired) electrons. The molecule has 1 saturated carbocycles. The van der Waals surface area contributed by atoms with Crippen LogP contribution in [0.15, 0.2) is 48.9 Å². The number of ether oxygens (including phenoxy) is 2. The van der Waals surface area contributed by atoms with E-state index in [1.807, 2.05) is 37.5 Å². The molecule has 0 saturated heterocycles. The van der Waals surface area contributed by atoms with Crippen molar-refractivity contribution in [2.24, 2.45) is 0 Å². The minimum absolute atomic E-state index is 0.140. The van der Waals surface area contributed by atoms with Gasteiger partial charge in [-0.05, 0) is 43.9 Å². The second-order valence-corrected chi connectivity index (χ2v) is 8.04. The number of carbonyl (C=O) groups is 1. The molecule has 7 nitrogen and oxygen atoms in total. The molecule has 2 aromatic heterocycles. The number of aromatic nitrogens is 3. The first-order chi connectivity index (χ1) is 15.2. The van der Waals surface area contributed by atoms with Crippen molar-refractivity contribution in [3.8, 4) is 22.8 Å². The Bertz CT molecular complexity index is 1080. The molecule has 0 spiro atoms. The van der Waals surface area contributed by atoms with Crippen molar-refractivity contribution < 1.29 is 14.3 Å². The average Bonchev–Trinajstić information content (AvgIpc) is 2.77. The zero-order chi connectivity index (χ0) is 21.2. The number of hydrogen-bond acceptors (Lipinski definition) is 6. The molecule has 158 valence electrons. The Labute approximate surface area is 180 Å². The molecule has 3 heterocycles. The van der Waals surface area contributed by atoms with Crippen LogP contribution in [-0.2, 0) is 6.42 Å². The van der Waals surface area contributed by atoms with E-state index in [-0.39, 0.29) is 18.1 Å². The number of nitrogens with one attached hydrogen (secondary N) is 1. The van der Waals surface area contributed by atoms with Gasteiger partial charge in [-0.2, -0.15) is 0 Å². The van der Waals surface area contributed by atoms with Gasteiger partial charge in [-0.15, -0.1) is 0 Å². The van der Waals surface area contributed by atoms with Gasteiger partial charge in [0.05, 0.1) is 11.6 Å². The van der Waals surface area contributed by atoms with Crippen molar-refractivity contribution in [1.29, 1.82) is 0 Å². The number of amides is 1. The van der Waals surface area contributed by atoms with E-state index in [0.717, 1.165) is 41.1 Å². The van der Waals surface area contributed by atoms with Gasteiger partial charge in [0, 0.05) is 42.2 Å². The summed E-state index contributed by atoms with van der Waals surface area (Å²) in [6.07, 6.45) is 9.49. The molecule has 0 bridgehead atoms. The Balaban J connectivity index is 1.28. The lowest BCUT2D eigenvalue weighted by molar-refractivity contribution is 0.0914. The highest BCUT2D eigenvalue weighted by Crippen LogP contribution is 2.34. The minimum atomic E-state index is -0.170. The summed E-state index contributed by atoms with van der Waals surface area (Å²) in [6, 6.07) is 9.32. The lowest BCUT2D eigenvalue weighted by atomic mass is 9.94. The van der Waals surface area contributed by atoms with E-state index in [1.54, 1.807) is 18.3 Å². The molecule has 1 aliphatic heterocycles. The third-order valence-electron chi connectivity index (χ3n) is 5.79. The Kier molecular flexibility index (Phi) is 5.24. The molecule has 7 heteroatoms. The van der Waals surface area contributed by atoms with Crippen LogP contribution >= 0.6 is 0 Å². The predicted molar refractivity (Wildman–Crippen MR) is 115 cm³/mol. The molecule has 5 rings (SSSR count). The number of pyridine rings is 1. The molecule has 31 heavy (non-hydrogen) atoms. The van der Waals surface area contributed by atoms with E-state index in [2.05, 4.69) is 20.3 Å². The van der Waals surface area contributed by atoms with E-state index < -0.39 is 0 Å². The van der Waals surface area contributed by atoms with Gasteiger partial charge in [-0.1, -0.05) is 12.1 Å². The van der Waals surface area contributed by atoms with Crippen molar-refractivity contribution in [3.05, 3.63) is 65.9 Å². The normalized spacial score (nSPS) is 17.8. The summed E-state index contributed by atoms with van der Waals surface area (Å²) in [5.74, 6) is 1.97. The van der Waals surface area contributed by atoms with Crippen LogP contribution in [0.2, 0.25) is 0 Å². The highest BCUT2D eigenvalue weighted by Gasteiger charge is 2.25. The summed E-state index contributed by atoms with van der Waals surface area (Å²) >= 11 is 0. The molecule has 1 N–H and O–H groups in total. The molecule has 0 unspecified atom stereocenters. The lowest BCUT2D eigenvalue weighted by Crippen LogP contribution is -2.42. The average molecular weight is 416 g/mol. The largest absolute Gasteiger partial charge is 0.491 e. The predicted octanol–water partition coefficient (Wildman–Crippen LogP) is 3.51. The monoisotopic (exact) mass is 416 g/mol. The van der Waals surface area contributed by atoms with E-state index in [4.69, 9.17) is 9.47 Å². The molecule has 2 aliphatic rings. The van der Waals surface area contributed by atoms with Crippen molar-refractivity contribution >= 4 is 5.91 Å². The van der Waals surface area contributed by atoms with Gasteiger partial charge in [0.1, 0.15) is 24.3 Å². The first kappa shape index (κ1) is 19.5. The van der Waals surface area contributed by atoms with Crippen molar-refractivity contribution in [3.63, 3.8) is 0 Å². The SMILES string of the molecule is Cc1ncc(-c2cccc3c2C[C@H](NC(=O)c2ccc(OC4CCC4)nc2)CO3)cn1. The van der Waals surface area contributed by atoms with Crippen LogP contribution in [-0.4, -0.2) is 39.6 Å². The van der Waals surface area contributed by atoms with E-state index in [0.29, 0.717) is 24.5 Å². The molecule has 1 amide bonds. The van der Waals surface area contributed by atoms with Crippen molar-refractivity contribution in [2.45, 2.75) is 44.8 Å². The number of carbonyl (C=O) groups excluding carboxylic acids is 1. The summed E-state index contributed by atoms with van der Waals surface area (Å²) in [7, 11) is 0. The first-order valence-electron chi connectivity index (χ1n) is 10.6. The fourth-order valence-corrected chi connectivity index (χ4v) is 3.81. The maximum Gasteiger partial charge on any atom is 0.253 e. The molecule has 1 fully saturated rings. The summed E-state index contributed by atoms with van der Waals surface area (Å²) < 4.78 is 11.7. The highest BCUT2D eigenvalue weighted by molar-refractivity contribution is 5.94. The molecule has 3 aromatic rings. The summed E-state index contributed by atoms with van der Waals surface area (Å²) in [5.41, 5.74) is 3.51. The Morgan fingerprint density at radius 2 is 1.94 bits per heavy atom. The van der Waals surface area contributed by atoms with Crippen LogP contribution in [0.4, 0.5) is 0 Å². The quantitative estimate of drug-likeness (QED) is 0.685. The van der Waals surface area contributed by atoms with Crippen LogP contribution in [0.3, 0.4) is 0 Å². The first-order valence-corrected chi connectivity index (χ1v) is 10.6. The van der Waals surface area contributed by atoms with Crippen LogP contribution < -0.4 is 14.8 Å². The molecular weight excluding hydrogens is 392 g/mol. The van der Waals surface area contributed by atoms with E-state index in [9.17, 15) is 4.79 Å². The maximum atomic E-state index is 12.8. The van der Waals surface area contributed by atoms with Gasteiger partial charge in [0.2, 0.25) is 5.88 Å². The summed E-state index contributed by atoms with van der Waals surface area (Å²) in [5, 5.41) is 3.07. The van der Waals surface area contributed by atoms with Gasteiger partial charge in [-0.25, -0.2) is 15.0 Å². The number of aryl methyl sites for hydroxylation is 1. The van der Waals surface area contributed by atoms with Crippen LogP contribution in [0, 0.1) is 6.92 Å². The fourth-order valence-electron chi connectivity index (χ4n) is 3.81. The van der Waals surface area contributed by atoms with Crippen molar-refractivity contribution in [1.82, 2.24) is 20.3 Å². The fraction of sp³-hybridized carbons (Fsp3) is 0.333. The minimum Gasteiger partial charge on any atom is -0.491 e.